The van der Waals surface area contributed by atoms with Gasteiger partial charge in [0, 0.05) is 99.7 Å². The Labute approximate surface area is 330 Å². The predicted molar refractivity (Wildman–Crippen MR) is 214 cm³/mol. The van der Waals surface area contributed by atoms with Gasteiger partial charge >= 0.3 is 6.03 Å². The van der Waals surface area contributed by atoms with E-state index >= 15 is 4.39 Å². The molecule has 0 radical (unpaired) electrons. The van der Waals surface area contributed by atoms with Gasteiger partial charge in [-0.2, -0.15) is 0 Å². The van der Waals surface area contributed by atoms with Crippen LogP contribution in [0.1, 0.15) is 35.7 Å². The second kappa shape index (κ2) is 15.1. The highest BCUT2D eigenvalue weighted by Crippen LogP contribution is 2.36. The van der Waals surface area contributed by atoms with Crippen molar-refractivity contribution in [2.75, 3.05) is 84.3 Å². The van der Waals surface area contributed by atoms with E-state index in [0.29, 0.717) is 68.3 Å². The van der Waals surface area contributed by atoms with Crippen LogP contribution in [0.2, 0.25) is 0 Å². The molecule has 4 amide bonds. The molecule has 4 aromatic rings. The summed E-state index contributed by atoms with van der Waals surface area (Å²) in [5, 5.41) is 8.93. The molecule has 296 valence electrons. The van der Waals surface area contributed by atoms with E-state index in [1.807, 2.05) is 41.6 Å². The molecule has 57 heavy (non-hydrogen) atoms. The number of nitrogens with one attached hydrogen (secondary N) is 3. The summed E-state index contributed by atoms with van der Waals surface area (Å²) in [6, 6.07) is 12.8. The first-order valence-corrected chi connectivity index (χ1v) is 19.7. The van der Waals surface area contributed by atoms with Crippen LogP contribution in [0.5, 0.6) is 5.88 Å². The van der Waals surface area contributed by atoms with Gasteiger partial charge in [-0.15, -0.1) is 0 Å². The summed E-state index contributed by atoms with van der Waals surface area (Å²) in [5.74, 6) is 0.239. The van der Waals surface area contributed by atoms with Gasteiger partial charge in [-0.25, -0.2) is 24.1 Å². The van der Waals surface area contributed by atoms with E-state index in [9.17, 15) is 14.4 Å². The third-order valence-corrected chi connectivity index (χ3v) is 11.8. The molecule has 2 aromatic carbocycles. The molecule has 5 aliphatic rings. The number of amides is 4. The number of halogens is 1. The number of pyridine rings is 1. The number of urea groups is 1. The Morgan fingerprint density at radius 1 is 0.965 bits per heavy atom. The van der Waals surface area contributed by atoms with Gasteiger partial charge in [-0.05, 0) is 67.8 Å². The van der Waals surface area contributed by atoms with E-state index in [-0.39, 0.29) is 30.3 Å². The van der Waals surface area contributed by atoms with Crippen molar-refractivity contribution >= 4 is 52.2 Å². The summed E-state index contributed by atoms with van der Waals surface area (Å²) in [7, 11) is 0. The second-order valence-corrected chi connectivity index (χ2v) is 15.4. The first-order valence-electron chi connectivity index (χ1n) is 19.7. The van der Waals surface area contributed by atoms with E-state index in [1.165, 1.54) is 6.07 Å². The van der Waals surface area contributed by atoms with Crippen LogP contribution >= 0.6 is 0 Å². The Bertz CT molecular complexity index is 2220. The van der Waals surface area contributed by atoms with Gasteiger partial charge in [0.2, 0.25) is 23.6 Å². The molecule has 2 aromatic heterocycles. The lowest BCUT2D eigenvalue weighted by molar-refractivity contribution is -0.134. The van der Waals surface area contributed by atoms with Crippen molar-refractivity contribution in [1.82, 2.24) is 30.1 Å². The maximum absolute atomic E-state index is 15.4. The number of imide groups is 1. The summed E-state index contributed by atoms with van der Waals surface area (Å²) in [6.07, 6.45) is 4.78. The fraction of sp³-hybridized carbons (Fsp3) is 0.415. The number of hydrogen-bond donors (Lipinski definition) is 3. The molecule has 3 saturated heterocycles. The smallest absolute Gasteiger partial charge is 0.328 e. The Morgan fingerprint density at radius 2 is 1.79 bits per heavy atom. The molecular formula is C41H46FN11O4. The highest BCUT2D eigenvalue weighted by atomic mass is 19.1. The number of ether oxygens (including phenoxy) is 1. The van der Waals surface area contributed by atoms with Crippen molar-refractivity contribution in [3.8, 4) is 5.88 Å². The molecule has 5 aliphatic heterocycles. The van der Waals surface area contributed by atoms with E-state index < -0.39 is 5.82 Å². The largest absolute Gasteiger partial charge is 0.474 e. The van der Waals surface area contributed by atoms with E-state index in [0.717, 1.165) is 78.7 Å². The minimum absolute atomic E-state index is 0.00871. The van der Waals surface area contributed by atoms with E-state index in [1.54, 1.807) is 17.0 Å². The lowest BCUT2D eigenvalue weighted by Crippen LogP contribution is -2.66. The predicted octanol–water partition coefficient (Wildman–Crippen LogP) is 3.84. The van der Waals surface area contributed by atoms with Gasteiger partial charge in [0.15, 0.2) is 0 Å². The molecule has 16 heteroatoms. The molecular weight excluding hydrogens is 730 g/mol. The van der Waals surface area contributed by atoms with Crippen LogP contribution in [0.4, 0.5) is 43.6 Å². The molecule has 0 spiro atoms. The van der Waals surface area contributed by atoms with Crippen molar-refractivity contribution in [1.29, 1.82) is 0 Å². The number of aromatic nitrogens is 3. The molecule has 1 unspecified atom stereocenters. The van der Waals surface area contributed by atoms with Crippen LogP contribution < -0.4 is 35.4 Å². The van der Waals surface area contributed by atoms with Gasteiger partial charge in [0.1, 0.15) is 18.1 Å². The number of fused-ring (bicyclic) bond motifs is 2. The number of rotatable bonds is 8. The maximum atomic E-state index is 15.4. The number of anilines is 6. The molecule has 0 aliphatic carbocycles. The van der Waals surface area contributed by atoms with Gasteiger partial charge < -0.3 is 30.1 Å². The fourth-order valence-electron chi connectivity index (χ4n) is 8.54. The van der Waals surface area contributed by atoms with Crippen molar-refractivity contribution < 1.29 is 23.5 Å². The molecule has 1 atom stereocenters. The second-order valence-electron chi connectivity index (χ2n) is 15.4. The zero-order valence-electron chi connectivity index (χ0n) is 32.1. The first kappa shape index (κ1) is 36.6. The Kier molecular flexibility index (Phi) is 9.72. The molecule has 0 saturated carbocycles. The van der Waals surface area contributed by atoms with Crippen molar-refractivity contribution in [2.24, 2.45) is 0 Å². The molecule has 3 N–H and O–H groups in total. The quantitative estimate of drug-likeness (QED) is 0.239. The monoisotopic (exact) mass is 775 g/mol. The summed E-state index contributed by atoms with van der Waals surface area (Å²) in [4.78, 5) is 61.4. The minimum atomic E-state index is -0.450. The highest BCUT2D eigenvalue weighted by Gasteiger charge is 2.38. The summed E-state index contributed by atoms with van der Waals surface area (Å²) in [6.45, 7) is 11.0. The number of carbonyl (C=O) groups is 3. The number of benzene rings is 2. The van der Waals surface area contributed by atoms with Crippen LogP contribution in [0.25, 0.3) is 0 Å². The van der Waals surface area contributed by atoms with Gasteiger partial charge in [0.25, 0.3) is 0 Å². The Hall–Kier alpha value is -6.03. The van der Waals surface area contributed by atoms with Gasteiger partial charge in [-0.3, -0.25) is 24.7 Å². The van der Waals surface area contributed by atoms with Gasteiger partial charge in [0.05, 0.1) is 30.5 Å². The average Bonchev–Trinajstić information content (AvgIpc) is 3.19. The SMILES string of the molecule is Cc1c(N2CCc3cnc(Nc4ccc(CC(=O)N5CCN(C6CN(c7ccc(N8CCC(=O)NC8=O)cc7)C6)C(C)C5)c(F)c4)nc3C2)cnc2c1NCCO2. The maximum Gasteiger partial charge on any atom is 0.328 e. The van der Waals surface area contributed by atoms with Crippen LogP contribution in [-0.4, -0.2) is 114 Å². The van der Waals surface area contributed by atoms with Gasteiger partial charge in [-0.1, -0.05) is 6.07 Å². The molecule has 9 rings (SSSR count). The average molecular weight is 776 g/mol. The first-order chi connectivity index (χ1) is 27.7. The summed E-state index contributed by atoms with van der Waals surface area (Å²) in [5.41, 5.74) is 7.76. The van der Waals surface area contributed by atoms with Crippen LogP contribution in [-0.2, 0) is 29.0 Å². The topological polar surface area (TPSA) is 151 Å². The van der Waals surface area contributed by atoms with Crippen molar-refractivity contribution in [3.05, 3.63) is 83.1 Å². The zero-order chi connectivity index (χ0) is 39.2. The molecule has 0 bridgehead atoms. The zero-order valence-corrected chi connectivity index (χ0v) is 32.1. The standard InChI is InChI=1S/C41H46FN11O4/c1-25-21-50(14-15-52(25)32-22-51(23-32)30-5-7-31(8-6-30)53-13-10-36(54)48-41(53)56)37(55)17-27-3-4-29(18-33(27)42)46-40-45-19-28-9-12-49(24-34(28)47-40)35-20-44-39-38(26(35)2)43-11-16-57-39/h3-8,18-20,25,32,43H,9-17,21-24H2,1-2H3,(H,45,46,47)(H,48,54,56). The fourth-order valence-corrected chi connectivity index (χ4v) is 8.54. The molecule has 15 nitrogen and oxygen atoms in total. The van der Waals surface area contributed by atoms with E-state index in [2.05, 4.69) is 54.5 Å². The van der Waals surface area contributed by atoms with Crippen molar-refractivity contribution in [2.45, 2.75) is 51.7 Å². The number of nitrogens with zero attached hydrogens (tertiary/aromatic N) is 8. The Balaban J connectivity index is 0.760. The number of carbonyl (C=O) groups excluding carboxylic acids is 3. The minimum Gasteiger partial charge on any atom is -0.474 e. The third-order valence-electron chi connectivity index (χ3n) is 11.8. The normalized spacial score (nSPS) is 19.9. The lowest BCUT2D eigenvalue weighted by atomic mass is 10.0. The lowest BCUT2D eigenvalue weighted by Gasteiger charge is -2.51. The third kappa shape index (κ3) is 7.36. The van der Waals surface area contributed by atoms with Crippen LogP contribution in [0.15, 0.2) is 54.9 Å². The number of piperazine rings is 1. The van der Waals surface area contributed by atoms with Crippen LogP contribution in [0, 0.1) is 12.7 Å². The van der Waals surface area contributed by atoms with Crippen molar-refractivity contribution in [3.63, 3.8) is 0 Å². The van der Waals surface area contributed by atoms with E-state index in [4.69, 9.17) is 9.72 Å². The summed E-state index contributed by atoms with van der Waals surface area (Å²) < 4.78 is 21.2. The summed E-state index contributed by atoms with van der Waals surface area (Å²) >= 11 is 0. The molecule has 7 heterocycles. The highest BCUT2D eigenvalue weighted by molar-refractivity contribution is 6.05. The number of hydrogen-bond acceptors (Lipinski definition) is 12. The Morgan fingerprint density at radius 3 is 2.58 bits per heavy atom. The van der Waals surface area contributed by atoms with Crippen LogP contribution in [0.3, 0.4) is 0 Å². The molecule has 3 fully saturated rings.